The minimum absolute atomic E-state index is 0.267. The lowest BCUT2D eigenvalue weighted by atomic mass is 10.1. The van der Waals surface area contributed by atoms with E-state index >= 15 is 0 Å². The van der Waals surface area contributed by atoms with E-state index in [-0.39, 0.29) is 6.10 Å². The van der Waals surface area contributed by atoms with Gasteiger partial charge in [-0.1, -0.05) is 30.4 Å². The largest absolute Gasteiger partial charge is 0.336 e. The molecule has 1 aromatic carbocycles. The zero-order valence-electron chi connectivity index (χ0n) is 7.33. The minimum Gasteiger partial charge on any atom is -0.336 e. The molecule has 13 heavy (non-hydrogen) atoms. The standard InChI is InChI=1S/C11H10FO/c1-8(12)13-11-7-6-9-4-2-3-5-10(9)11/h2-4,6-8,11H,1H3. The molecule has 1 aliphatic rings. The fourth-order valence-corrected chi connectivity index (χ4v) is 1.46. The molecule has 2 heteroatoms. The third-order valence-electron chi connectivity index (χ3n) is 1.99. The van der Waals surface area contributed by atoms with Crippen LogP contribution in [0.5, 0.6) is 0 Å². The van der Waals surface area contributed by atoms with Crippen molar-refractivity contribution in [3.05, 3.63) is 41.5 Å². The summed E-state index contributed by atoms with van der Waals surface area (Å²) in [5.41, 5.74) is 1.99. The molecule has 0 bridgehead atoms. The lowest BCUT2D eigenvalue weighted by molar-refractivity contribution is -0.0552. The summed E-state index contributed by atoms with van der Waals surface area (Å²) in [6.07, 6.45) is 2.27. The maximum Gasteiger partial charge on any atom is 0.196 e. The van der Waals surface area contributed by atoms with Crippen LogP contribution in [0.4, 0.5) is 4.39 Å². The molecule has 0 amide bonds. The van der Waals surface area contributed by atoms with Gasteiger partial charge >= 0.3 is 0 Å². The number of fused-ring (bicyclic) bond motifs is 1. The van der Waals surface area contributed by atoms with Gasteiger partial charge in [0.1, 0.15) is 6.10 Å². The van der Waals surface area contributed by atoms with Crippen molar-refractivity contribution in [2.45, 2.75) is 19.4 Å². The van der Waals surface area contributed by atoms with E-state index in [1.165, 1.54) is 6.92 Å². The van der Waals surface area contributed by atoms with Crippen LogP contribution in [0, 0.1) is 6.07 Å². The molecule has 2 unspecified atom stereocenters. The highest BCUT2D eigenvalue weighted by Crippen LogP contribution is 2.31. The van der Waals surface area contributed by atoms with Crippen molar-refractivity contribution in [3.63, 3.8) is 0 Å². The van der Waals surface area contributed by atoms with Crippen LogP contribution in [0.25, 0.3) is 6.08 Å². The quantitative estimate of drug-likeness (QED) is 0.674. The molecule has 1 radical (unpaired) electrons. The van der Waals surface area contributed by atoms with E-state index in [1.54, 1.807) is 0 Å². The van der Waals surface area contributed by atoms with Gasteiger partial charge in [-0.2, -0.15) is 0 Å². The highest BCUT2D eigenvalue weighted by atomic mass is 19.1. The molecule has 0 saturated heterocycles. The summed E-state index contributed by atoms with van der Waals surface area (Å²) in [7, 11) is 0. The Morgan fingerprint density at radius 2 is 2.46 bits per heavy atom. The number of ether oxygens (including phenoxy) is 1. The third kappa shape index (κ3) is 1.63. The second-order valence-electron chi connectivity index (χ2n) is 3.00. The first-order valence-electron chi connectivity index (χ1n) is 4.26. The molecule has 0 saturated carbocycles. The molecule has 2 atom stereocenters. The van der Waals surface area contributed by atoms with E-state index in [0.29, 0.717) is 0 Å². The third-order valence-corrected chi connectivity index (χ3v) is 1.99. The summed E-state index contributed by atoms with van der Waals surface area (Å²) in [6.45, 7) is 1.38. The van der Waals surface area contributed by atoms with Crippen molar-refractivity contribution in [1.29, 1.82) is 0 Å². The van der Waals surface area contributed by atoms with Crippen molar-refractivity contribution in [1.82, 2.24) is 0 Å². The van der Waals surface area contributed by atoms with Gasteiger partial charge in [0.15, 0.2) is 6.36 Å². The van der Waals surface area contributed by atoms with Gasteiger partial charge in [-0.15, -0.1) is 0 Å². The average molecular weight is 177 g/mol. The molecule has 0 N–H and O–H groups in total. The SMILES string of the molecule is CC(F)OC1C=Cc2ccc[c]c21. The van der Waals surface area contributed by atoms with Crippen LogP contribution in [0.3, 0.4) is 0 Å². The smallest absolute Gasteiger partial charge is 0.196 e. The van der Waals surface area contributed by atoms with Gasteiger partial charge in [0.2, 0.25) is 0 Å². The summed E-state index contributed by atoms with van der Waals surface area (Å²) < 4.78 is 17.6. The van der Waals surface area contributed by atoms with Gasteiger partial charge in [0.05, 0.1) is 0 Å². The van der Waals surface area contributed by atoms with Crippen molar-refractivity contribution >= 4 is 6.08 Å². The van der Waals surface area contributed by atoms with Gasteiger partial charge in [0, 0.05) is 0 Å². The van der Waals surface area contributed by atoms with Crippen molar-refractivity contribution in [2.24, 2.45) is 0 Å². The van der Waals surface area contributed by atoms with Crippen LogP contribution < -0.4 is 0 Å². The van der Waals surface area contributed by atoms with Crippen molar-refractivity contribution in [2.75, 3.05) is 0 Å². The van der Waals surface area contributed by atoms with Crippen LogP contribution in [-0.2, 0) is 4.74 Å². The Morgan fingerprint density at radius 1 is 1.62 bits per heavy atom. The molecule has 0 heterocycles. The first-order valence-corrected chi connectivity index (χ1v) is 4.26. The van der Waals surface area contributed by atoms with Crippen molar-refractivity contribution in [3.8, 4) is 0 Å². The van der Waals surface area contributed by atoms with Crippen LogP contribution in [0.2, 0.25) is 0 Å². The lowest BCUT2D eigenvalue weighted by Gasteiger charge is -2.12. The number of halogens is 1. The first-order chi connectivity index (χ1) is 6.27. The number of hydrogen-bond acceptors (Lipinski definition) is 1. The molecular formula is C11H10FO. The molecule has 0 aromatic heterocycles. The summed E-state index contributed by atoms with van der Waals surface area (Å²) in [4.78, 5) is 0. The van der Waals surface area contributed by atoms with Crippen LogP contribution in [0.1, 0.15) is 24.2 Å². The fraction of sp³-hybridized carbons (Fsp3) is 0.273. The Hall–Kier alpha value is -1.15. The summed E-state index contributed by atoms with van der Waals surface area (Å²) in [5.74, 6) is 0. The lowest BCUT2D eigenvalue weighted by Crippen LogP contribution is -2.05. The zero-order chi connectivity index (χ0) is 9.26. The van der Waals surface area contributed by atoms with Crippen LogP contribution >= 0.6 is 0 Å². The number of alkyl halides is 1. The molecule has 1 nitrogen and oxygen atoms in total. The maximum atomic E-state index is 12.6. The number of hydrogen-bond donors (Lipinski definition) is 0. The van der Waals surface area contributed by atoms with E-state index in [1.807, 2.05) is 30.4 Å². The van der Waals surface area contributed by atoms with Gasteiger partial charge < -0.3 is 4.74 Å². The first kappa shape index (κ1) is 8.45. The topological polar surface area (TPSA) is 9.23 Å². The summed E-state index contributed by atoms with van der Waals surface area (Å²) in [5, 5.41) is 0. The summed E-state index contributed by atoms with van der Waals surface area (Å²) in [6, 6.07) is 8.73. The van der Waals surface area contributed by atoms with E-state index in [2.05, 4.69) is 6.07 Å². The van der Waals surface area contributed by atoms with E-state index < -0.39 is 6.36 Å². The molecular weight excluding hydrogens is 167 g/mol. The molecule has 0 fully saturated rings. The Balaban J connectivity index is 2.23. The molecule has 67 valence electrons. The fourth-order valence-electron chi connectivity index (χ4n) is 1.46. The second kappa shape index (κ2) is 3.30. The zero-order valence-corrected chi connectivity index (χ0v) is 7.33. The molecule has 0 spiro atoms. The van der Waals surface area contributed by atoms with Crippen LogP contribution in [0.15, 0.2) is 24.3 Å². The average Bonchev–Trinajstić information content (AvgIpc) is 2.48. The normalized spacial score (nSPS) is 21.5. The van der Waals surface area contributed by atoms with Gasteiger partial charge in [0.25, 0.3) is 0 Å². The predicted molar refractivity (Wildman–Crippen MR) is 48.7 cm³/mol. The Morgan fingerprint density at radius 3 is 3.23 bits per heavy atom. The number of rotatable bonds is 2. The molecule has 1 aromatic rings. The second-order valence-corrected chi connectivity index (χ2v) is 3.00. The minimum atomic E-state index is -1.24. The predicted octanol–water partition coefficient (Wildman–Crippen LogP) is 2.89. The van der Waals surface area contributed by atoms with Gasteiger partial charge in [-0.25, -0.2) is 4.39 Å². The van der Waals surface area contributed by atoms with Gasteiger partial charge in [-0.3, -0.25) is 0 Å². The molecule has 0 aliphatic heterocycles. The van der Waals surface area contributed by atoms with Crippen LogP contribution in [-0.4, -0.2) is 6.36 Å². The van der Waals surface area contributed by atoms with Crippen molar-refractivity contribution < 1.29 is 9.13 Å². The van der Waals surface area contributed by atoms with E-state index in [9.17, 15) is 4.39 Å². The monoisotopic (exact) mass is 177 g/mol. The highest BCUT2D eigenvalue weighted by molar-refractivity contribution is 5.60. The Labute approximate surface area is 76.8 Å². The van der Waals surface area contributed by atoms with Gasteiger partial charge in [-0.05, 0) is 24.1 Å². The molecule has 2 rings (SSSR count). The van der Waals surface area contributed by atoms with E-state index in [4.69, 9.17) is 4.74 Å². The summed E-state index contributed by atoms with van der Waals surface area (Å²) >= 11 is 0. The Bertz CT molecular complexity index is 331. The number of benzene rings is 1. The van der Waals surface area contributed by atoms with E-state index in [0.717, 1.165) is 11.1 Å². The Kier molecular flexibility index (Phi) is 2.15. The highest BCUT2D eigenvalue weighted by Gasteiger charge is 2.19. The molecule has 1 aliphatic carbocycles. The maximum absolute atomic E-state index is 12.6.